The third-order valence-corrected chi connectivity index (χ3v) is 6.65. The predicted octanol–water partition coefficient (Wildman–Crippen LogP) is 2.14. The second-order valence-corrected chi connectivity index (χ2v) is 10.3. The van der Waals surface area contributed by atoms with Gasteiger partial charge in [-0.25, -0.2) is 4.98 Å². The van der Waals surface area contributed by atoms with Crippen molar-refractivity contribution in [3.8, 4) is 5.75 Å². The topological polar surface area (TPSA) is 139 Å². The van der Waals surface area contributed by atoms with Crippen LogP contribution < -0.4 is 25.4 Å². The maximum atomic E-state index is 12.2. The standard InChI is InChI=1S/C23H30N6O4S/c1-15(2)11-26-23(30)17-8-9-20(25-12-17)29-10-4-5-16(13-29)14-33-19-7-3-6-18-21(19)22(24)28-34(31,32)27-18/h3,6-9,12,15-16,27H,4-5,10-11,13-14H2,1-2H3,(H2,24,28)(H,26,30)/t16-/m0/s1. The molecule has 2 aromatic rings. The normalized spacial score (nSPS) is 19.1. The molecule has 1 aromatic heterocycles. The number of anilines is 2. The van der Waals surface area contributed by atoms with Gasteiger partial charge in [0.1, 0.15) is 11.6 Å². The van der Waals surface area contributed by atoms with E-state index in [2.05, 4.69) is 38.2 Å². The van der Waals surface area contributed by atoms with Crippen LogP contribution in [0.15, 0.2) is 40.9 Å². The van der Waals surface area contributed by atoms with Crippen LogP contribution >= 0.6 is 0 Å². The number of ether oxygens (including phenoxy) is 1. The molecule has 0 unspecified atom stereocenters. The minimum Gasteiger partial charge on any atom is -0.492 e. The lowest BCUT2D eigenvalue weighted by atomic mass is 9.99. The summed E-state index contributed by atoms with van der Waals surface area (Å²) in [6, 6.07) is 8.78. The van der Waals surface area contributed by atoms with Crippen molar-refractivity contribution in [2.24, 2.45) is 22.0 Å². The van der Waals surface area contributed by atoms with E-state index in [0.29, 0.717) is 41.6 Å². The Bertz CT molecular complexity index is 1180. The Balaban J connectivity index is 1.38. The van der Waals surface area contributed by atoms with E-state index in [9.17, 15) is 13.2 Å². The Kier molecular flexibility index (Phi) is 6.92. The number of nitrogens with one attached hydrogen (secondary N) is 2. The van der Waals surface area contributed by atoms with Crippen LogP contribution in [0, 0.1) is 11.8 Å². The van der Waals surface area contributed by atoms with E-state index >= 15 is 0 Å². The Labute approximate surface area is 199 Å². The zero-order valence-corrected chi connectivity index (χ0v) is 20.1. The number of pyridine rings is 1. The molecule has 2 aliphatic heterocycles. The zero-order chi connectivity index (χ0) is 24.3. The van der Waals surface area contributed by atoms with E-state index in [1.54, 1.807) is 30.5 Å². The highest BCUT2D eigenvalue weighted by molar-refractivity contribution is 7.91. The number of hydrogen-bond donors (Lipinski definition) is 3. The van der Waals surface area contributed by atoms with Crippen molar-refractivity contribution < 1.29 is 17.9 Å². The van der Waals surface area contributed by atoms with E-state index in [4.69, 9.17) is 10.5 Å². The fraction of sp³-hybridized carbons (Fsp3) is 0.435. The summed E-state index contributed by atoms with van der Waals surface area (Å²) in [7, 11) is -3.83. The molecule has 4 N–H and O–H groups in total. The van der Waals surface area contributed by atoms with Gasteiger partial charge in [0.2, 0.25) is 0 Å². The molecule has 11 heteroatoms. The lowest BCUT2D eigenvalue weighted by molar-refractivity contribution is 0.0948. The third-order valence-electron chi connectivity index (χ3n) is 5.74. The fourth-order valence-electron chi connectivity index (χ4n) is 4.06. The number of hydrogen-bond acceptors (Lipinski definition) is 7. The van der Waals surface area contributed by atoms with Gasteiger partial charge in [-0.2, -0.15) is 8.42 Å². The van der Waals surface area contributed by atoms with E-state index in [0.717, 1.165) is 31.7 Å². The van der Waals surface area contributed by atoms with Crippen LogP contribution in [0.25, 0.3) is 0 Å². The van der Waals surface area contributed by atoms with E-state index < -0.39 is 10.2 Å². The highest BCUT2D eigenvalue weighted by atomic mass is 32.2. The van der Waals surface area contributed by atoms with E-state index in [-0.39, 0.29) is 17.7 Å². The molecule has 10 nitrogen and oxygen atoms in total. The molecule has 0 aliphatic carbocycles. The number of benzene rings is 1. The molecule has 1 fully saturated rings. The molecule has 34 heavy (non-hydrogen) atoms. The quantitative estimate of drug-likeness (QED) is 0.545. The monoisotopic (exact) mass is 486 g/mol. The first kappa shape index (κ1) is 23.8. The molecule has 4 rings (SSSR count). The lowest BCUT2D eigenvalue weighted by Crippen LogP contribution is -2.38. The molecular formula is C23H30N6O4S. The second-order valence-electron chi connectivity index (χ2n) is 9.01. The van der Waals surface area contributed by atoms with Gasteiger partial charge in [-0.3, -0.25) is 9.52 Å². The predicted molar refractivity (Wildman–Crippen MR) is 132 cm³/mol. The fourth-order valence-corrected chi connectivity index (χ4v) is 4.90. The van der Waals surface area contributed by atoms with Crippen LogP contribution in [0.4, 0.5) is 11.5 Å². The molecule has 0 bridgehead atoms. The van der Waals surface area contributed by atoms with Gasteiger partial charge in [-0.1, -0.05) is 19.9 Å². The molecule has 1 saturated heterocycles. The van der Waals surface area contributed by atoms with Gasteiger partial charge in [-0.15, -0.1) is 4.40 Å². The van der Waals surface area contributed by atoms with Gasteiger partial charge in [0, 0.05) is 31.7 Å². The number of carbonyl (C=O) groups excluding carboxylic acids is 1. The van der Waals surface area contributed by atoms with Crippen LogP contribution in [0.3, 0.4) is 0 Å². The molecule has 1 aromatic carbocycles. The zero-order valence-electron chi connectivity index (χ0n) is 19.3. The Morgan fingerprint density at radius 1 is 1.32 bits per heavy atom. The van der Waals surface area contributed by atoms with Crippen molar-refractivity contribution in [1.29, 1.82) is 0 Å². The van der Waals surface area contributed by atoms with E-state index in [1.165, 1.54) is 0 Å². The maximum absolute atomic E-state index is 12.2. The van der Waals surface area contributed by atoms with Crippen LogP contribution in [-0.2, 0) is 10.2 Å². The first-order valence-corrected chi connectivity index (χ1v) is 12.8. The number of nitrogens with zero attached hydrogens (tertiary/aromatic N) is 3. The summed E-state index contributed by atoms with van der Waals surface area (Å²) in [4.78, 5) is 18.9. The summed E-state index contributed by atoms with van der Waals surface area (Å²) in [5.74, 6) is 1.75. The smallest absolute Gasteiger partial charge is 0.344 e. The summed E-state index contributed by atoms with van der Waals surface area (Å²) in [5.41, 5.74) is 7.26. The Hall–Kier alpha value is -3.34. The van der Waals surface area contributed by atoms with Crippen LogP contribution in [0.5, 0.6) is 5.75 Å². The average molecular weight is 487 g/mol. The molecule has 0 radical (unpaired) electrons. The molecule has 182 valence electrons. The molecule has 2 aliphatic rings. The molecule has 0 saturated carbocycles. The molecule has 1 atom stereocenters. The van der Waals surface area contributed by atoms with Crippen molar-refractivity contribution in [1.82, 2.24) is 10.3 Å². The van der Waals surface area contributed by atoms with Gasteiger partial charge in [0.25, 0.3) is 5.91 Å². The van der Waals surface area contributed by atoms with Crippen LogP contribution in [0.1, 0.15) is 42.6 Å². The Morgan fingerprint density at radius 2 is 2.15 bits per heavy atom. The highest BCUT2D eigenvalue weighted by Crippen LogP contribution is 2.31. The number of fused-ring (bicyclic) bond motifs is 1. The summed E-state index contributed by atoms with van der Waals surface area (Å²) in [6.45, 7) is 6.82. The van der Waals surface area contributed by atoms with Gasteiger partial charge >= 0.3 is 10.2 Å². The van der Waals surface area contributed by atoms with Crippen molar-refractivity contribution >= 4 is 33.5 Å². The first-order chi connectivity index (χ1) is 16.2. The number of aromatic nitrogens is 1. The highest BCUT2D eigenvalue weighted by Gasteiger charge is 2.26. The average Bonchev–Trinajstić information content (AvgIpc) is 2.80. The molecule has 0 spiro atoms. The molecule has 1 amide bonds. The maximum Gasteiger partial charge on any atom is 0.344 e. The van der Waals surface area contributed by atoms with Crippen molar-refractivity contribution in [3.63, 3.8) is 0 Å². The van der Waals surface area contributed by atoms with Crippen molar-refractivity contribution in [3.05, 3.63) is 47.7 Å². The van der Waals surface area contributed by atoms with Gasteiger partial charge in [0.15, 0.2) is 5.84 Å². The summed E-state index contributed by atoms with van der Waals surface area (Å²) in [5, 5.41) is 2.90. The summed E-state index contributed by atoms with van der Waals surface area (Å²) >= 11 is 0. The number of amides is 1. The minimum absolute atomic E-state index is 0.0867. The van der Waals surface area contributed by atoms with Crippen molar-refractivity contribution in [2.75, 3.05) is 35.9 Å². The van der Waals surface area contributed by atoms with Gasteiger partial charge in [-0.05, 0) is 43.0 Å². The lowest BCUT2D eigenvalue weighted by Gasteiger charge is -2.33. The number of nitrogens with two attached hydrogens (primary N) is 1. The summed E-state index contributed by atoms with van der Waals surface area (Å²) in [6.07, 6.45) is 3.60. The van der Waals surface area contributed by atoms with Gasteiger partial charge < -0.3 is 20.7 Å². The largest absolute Gasteiger partial charge is 0.492 e. The van der Waals surface area contributed by atoms with Gasteiger partial charge in [0.05, 0.1) is 23.4 Å². The number of amidine groups is 1. The first-order valence-electron chi connectivity index (χ1n) is 11.4. The molecular weight excluding hydrogens is 456 g/mol. The van der Waals surface area contributed by atoms with E-state index in [1.807, 2.05) is 6.07 Å². The Morgan fingerprint density at radius 3 is 2.88 bits per heavy atom. The van der Waals surface area contributed by atoms with Crippen LogP contribution in [-0.4, -0.2) is 51.4 Å². The number of rotatable bonds is 7. The SMILES string of the molecule is CC(C)CNC(=O)c1ccc(N2CCC[C@H](COc3cccc4c3C(N)=NS(=O)(=O)N4)C2)nc1. The second kappa shape index (κ2) is 9.88. The molecule has 3 heterocycles. The van der Waals surface area contributed by atoms with Crippen LogP contribution in [0.2, 0.25) is 0 Å². The van der Waals surface area contributed by atoms with Crippen molar-refractivity contribution in [2.45, 2.75) is 26.7 Å². The number of piperidine rings is 1. The third kappa shape index (κ3) is 5.58. The minimum atomic E-state index is -3.83. The number of carbonyl (C=O) groups is 1. The summed E-state index contributed by atoms with van der Waals surface area (Å²) < 4.78 is 35.5.